The molecule has 160 valence electrons. The molecule has 0 spiro atoms. The van der Waals surface area contributed by atoms with Gasteiger partial charge in [0.05, 0.1) is 6.07 Å². The monoisotopic (exact) mass is 438 g/mol. The highest BCUT2D eigenvalue weighted by Gasteiger charge is 2.36. The highest BCUT2D eigenvalue weighted by molar-refractivity contribution is 7.77. The van der Waals surface area contributed by atoms with Crippen molar-refractivity contribution in [2.45, 2.75) is 33.7 Å². The van der Waals surface area contributed by atoms with Crippen molar-refractivity contribution in [3.63, 3.8) is 0 Å². The van der Waals surface area contributed by atoms with Gasteiger partial charge in [0, 0.05) is 10.6 Å². The number of fused-ring (bicyclic) bond motifs is 1. The Hall–Kier alpha value is -3.18. The van der Waals surface area contributed by atoms with E-state index in [1.54, 1.807) is 0 Å². The molecule has 3 nitrogen and oxygen atoms in total. The maximum absolute atomic E-state index is 15.1. The fourth-order valence-corrected chi connectivity index (χ4v) is 8.02. The van der Waals surface area contributed by atoms with Gasteiger partial charge >= 0.3 is 0 Å². The van der Waals surface area contributed by atoms with E-state index >= 15 is 4.57 Å². The van der Waals surface area contributed by atoms with Crippen LogP contribution in [0.15, 0.2) is 78.9 Å². The summed E-state index contributed by atoms with van der Waals surface area (Å²) in [4.78, 5) is 0. The maximum Gasteiger partial charge on any atom is 0.207 e. The van der Waals surface area contributed by atoms with Crippen LogP contribution in [0.25, 0.3) is 10.8 Å². The summed E-state index contributed by atoms with van der Waals surface area (Å²) in [5.74, 6) is 0. The first-order valence-corrected chi connectivity index (χ1v) is 12.5. The largest absolute Gasteiger partial charge is 0.296 e. The average molecular weight is 439 g/mol. The highest BCUT2D eigenvalue weighted by atomic mass is 31.2. The second kappa shape index (κ2) is 8.75. The van der Waals surface area contributed by atoms with Gasteiger partial charge in [-0.3, -0.25) is 4.57 Å². The van der Waals surface area contributed by atoms with Crippen molar-refractivity contribution in [1.82, 2.24) is 5.09 Å². The molecule has 0 aliphatic rings. The lowest BCUT2D eigenvalue weighted by Gasteiger charge is -2.29. The lowest BCUT2D eigenvalue weighted by Crippen LogP contribution is -2.34. The first kappa shape index (κ1) is 22.0. The molecule has 0 bridgehead atoms. The quantitative estimate of drug-likeness (QED) is 0.380. The van der Waals surface area contributed by atoms with Crippen molar-refractivity contribution in [3.05, 3.63) is 107 Å². The Bertz CT molecular complexity index is 1300. The van der Waals surface area contributed by atoms with Crippen molar-refractivity contribution >= 4 is 28.7 Å². The molecule has 4 aromatic carbocycles. The number of hydrogen-bond acceptors (Lipinski definition) is 2. The average Bonchev–Trinajstić information content (AvgIpc) is 2.77. The third kappa shape index (κ3) is 3.78. The zero-order chi connectivity index (χ0) is 22.9. The third-order valence-corrected chi connectivity index (χ3v) is 9.38. The number of benzene rings is 4. The molecule has 0 heterocycles. The number of aryl methyl sites for hydroxylation is 4. The Balaban J connectivity index is 1.97. The van der Waals surface area contributed by atoms with Gasteiger partial charge in [-0.25, -0.2) is 5.09 Å². The van der Waals surface area contributed by atoms with Crippen LogP contribution in [0.1, 0.15) is 33.9 Å². The molecule has 4 heteroatoms. The van der Waals surface area contributed by atoms with Gasteiger partial charge in [0.15, 0.2) is 0 Å². The number of nitriles is 1. The summed E-state index contributed by atoms with van der Waals surface area (Å²) in [6, 6.07) is 27.5. The van der Waals surface area contributed by atoms with E-state index in [1.165, 1.54) is 0 Å². The number of nitrogens with zero attached hydrogens (tertiary/aromatic N) is 1. The van der Waals surface area contributed by atoms with Gasteiger partial charge in [0.1, 0.15) is 6.04 Å². The Morgan fingerprint density at radius 1 is 0.719 bits per heavy atom. The van der Waals surface area contributed by atoms with Crippen molar-refractivity contribution in [2.75, 3.05) is 0 Å². The Morgan fingerprint density at radius 2 is 1.19 bits per heavy atom. The fraction of sp³-hybridized carbons (Fsp3) is 0.179. The summed E-state index contributed by atoms with van der Waals surface area (Å²) >= 11 is 0. The summed E-state index contributed by atoms with van der Waals surface area (Å²) < 4.78 is 15.1. The molecule has 0 fully saturated rings. The highest BCUT2D eigenvalue weighted by Crippen LogP contribution is 2.46. The smallest absolute Gasteiger partial charge is 0.207 e. The molecule has 0 aliphatic heterocycles. The molecule has 0 radical (unpaired) electrons. The molecule has 0 aromatic heterocycles. The normalized spacial score (nSPS) is 12.5. The first-order chi connectivity index (χ1) is 15.4. The molecular formula is C28H27N2OP. The Kier molecular flexibility index (Phi) is 6.02. The van der Waals surface area contributed by atoms with Crippen LogP contribution in [0.3, 0.4) is 0 Å². The van der Waals surface area contributed by atoms with Crippen LogP contribution < -0.4 is 15.7 Å². The van der Waals surface area contributed by atoms with E-state index in [0.29, 0.717) is 0 Å². The lowest BCUT2D eigenvalue weighted by molar-refractivity contribution is 0.574. The summed E-state index contributed by atoms with van der Waals surface area (Å²) in [7, 11) is -3.36. The van der Waals surface area contributed by atoms with Crippen molar-refractivity contribution in [1.29, 1.82) is 5.26 Å². The minimum absolute atomic E-state index is 0.732. The van der Waals surface area contributed by atoms with E-state index in [9.17, 15) is 5.26 Å². The minimum atomic E-state index is -3.36. The van der Waals surface area contributed by atoms with Gasteiger partial charge in [-0.1, -0.05) is 78.9 Å². The summed E-state index contributed by atoms with van der Waals surface area (Å²) in [6.45, 7) is 7.96. The fourth-order valence-electron chi connectivity index (χ4n) is 4.70. The van der Waals surface area contributed by atoms with E-state index in [2.05, 4.69) is 11.2 Å². The van der Waals surface area contributed by atoms with Gasteiger partial charge in [-0.2, -0.15) is 5.26 Å². The van der Waals surface area contributed by atoms with Gasteiger partial charge in [-0.15, -0.1) is 0 Å². The van der Waals surface area contributed by atoms with E-state index in [4.69, 9.17) is 0 Å². The molecular weight excluding hydrogens is 411 g/mol. The van der Waals surface area contributed by atoms with Crippen LogP contribution in [0.5, 0.6) is 0 Å². The Morgan fingerprint density at radius 3 is 1.72 bits per heavy atom. The predicted octanol–water partition coefficient (Wildman–Crippen LogP) is 6.16. The van der Waals surface area contributed by atoms with Crippen molar-refractivity contribution in [2.24, 2.45) is 0 Å². The number of rotatable bonds is 5. The second-order valence-corrected chi connectivity index (χ2v) is 10.7. The van der Waals surface area contributed by atoms with Crippen LogP contribution in [0.2, 0.25) is 0 Å². The van der Waals surface area contributed by atoms with E-state index < -0.39 is 13.3 Å². The Labute approximate surface area is 190 Å². The topological polar surface area (TPSA) is 52.9 Å². The van der Waals surface area contributed by atoms with Crippen LogP contribution in [-0.4, -0.2) is 0 Å². The van der Waals surface area contributed by atoms with E-state index in [-0.39, 0.29) is 0 Å². The first-order valence-electron chi connectivity index (χ1n) is 10.8. The van der Waals surface area contributed by atoms with Crippen LogP contribution >= 0.6 is 7.29 Å². The van der Waals surface area contributed by atoms with Crippen molar-refractivity contribution in [3.8, 4) is 6.07 Å². The zero-order valence-corrected chi connectivity index (χ0v) is 19.8. The molecule has 4 rings (SSSR count). The van der Waals surface area contributed by atoms with Gasteiger partial charge in [0.2, 0.25) is 7.29 Å². The molecule has 32 heavy (non-hydrogen) atoms. The number of hydrogen-bond donors (Lipinski definition) is 1. The minimum Gasteiger partial charge on any atom is -0.296 e. The lowest BCUT2D eigenvalue weighted by atomic mass is 10.0. The van der Waals surface area contributed by atoms with E-state index in [0.717, 1.165) is 49.2 Å². The molecule has 1 N–H and O–H groups in total. The standard InChI is InChI=1S/C28H27N2OP/c1-19-10-7-11-20(2)27(19)32(31,28-21(3)12-8-13-22(28)4)30-26(18-29)25-17-9-15-23-14-5-6-16-24(23)25/h5-17,26H,1-4H3,(H,30,31)/t26-/m0/s1. The van der Waals surface area contributed by atoms with Crippen molar-refractivity contribution < 1.29 is 4.57 Å². The molecule has 4 aromatic rings. The predicted molar refractivity (Wildman–Crippen MR) is 134 cm³/mol. The van der Waals surface area contributed by atoms with Crippen LogP contribution in [0.4, 0.5) is 0 Å². The van der Waals surface area contributed by atoms with Gasteiger partial charge in [-0.05, 0) is 66.3 Å². The zero-order valence-electron chi connectivity index (χ0n) is 18.9. The maximum atomic E-state index is 15.1. The van der Waals surface area contributed by atoms with Crippen LogP contribution in [0, 0.1) is 39.0 Å². The summed E-state index contributed by atoms with van der Waals surface area (Å²) in [5.41, 5.74) is 4.66. The molecule has 0 amide bonds. The number of nitrogens with one attached hydrogen (secondary N) is 1. The summed E-state index contributed by atoms with van der Waals surface area (Å²) in [5, 5.41) is 17.2. The molecule has 1 atom stereocenters. The third-order valence-electron chi connectivity index (χ3n) is 6.08. The van der Waals surface area contributed by atoms with Crippen LogP contribution in [-0.2, 0) is 4.57 Å². The summed E-state index contributed by atoms with van der Waals surface area (Å²) in [6.07, 6.45) is 0. The van der Waals surface area contributed by atoms with Gasteiger partial charge in [0.25, 0.3) is 0 Å². The SMILES string of the molecule is Cc1cccc(C)c1P(=O)(N[C@@H](C#N)c1cccc2ccccc12)c1c(C)cccc1C. The molecule has 0 aliphatic carbocycles. The van der Waals surface area contributed by atoms with Gasteiger partial charge < -0.3 is 0 Å². The second-order valence-electron chi connectivity index (χ2n) is 8.35. The molecule has 0 saturated heterocycles. The van der Waals surface area contributed by atoms with E-state index in [1.807, 2.05) is 107 Å². The molecule has 0 saturated carbocycles. The molecule has 0 unspecified atom stereocenters.